The van der Waals surface area contributed by atoms with Gasteiger partial charge in [0.1, 0.15) is 6.61 Å². The van der Waals surface area contributed by atoms with Gasteiger partial charge >= 0.3 is 0 Å². The molecule has 128 valence electrons. The van der Waals surface area contributed by atoms with Gasteiger partial charge in [-0.3, -0.25) is 9.69 Å². The summed E-state index contributed by atoms with van der Waals surface area (Å²) in [6.45, 7) is 1.33. The van der Waals surface area contributed by atoms with Crippen LogP contribution < -0.4 is 4.90 Å². The predicted octanol–water partition coefficient (Wildman–Crippen LogP) is 3.73. The van der Waals surface area contributed by atoms with Crippen LogP contribution in [0.1, 0.15) is 12.8 Å². The molecule has 24 heavy (non-hydrogen) atoms. The lowest BCUT2D eigenvalue weighted by atomic mass is 10.2. The lowest BCUT2D eigenvalue weighted by molar-refractivity contribution is -0.122. The summed E-state index contributed by atoms with van der Waals surface area (Å²) in [6, 6.07) is 7.97. The van der Waals surface area contributed by atoms with Crippen LogP contribution in [0.15, 0.2) is 34.1 Å². The summed E-state index contributed by atoms with van der Waals surface area (Å²) in [7, 11) is 1.53. The number of hydrogen-bond acceptors (Lipinski definition) is 5. The number of methoxy groups -OCH3 is 1. The minimum Gasteiger partial charge on any atom is -0.376 e. The van der Waals surface area contributed by atoms with Gasteiger partial charge in [0.2, 0.25) is 0 Å². The topological polar surface area (TPSA) is 51.7 Å². The third-order valence-corrected chi connectivity index (χ3v) is 5.23. The first-order chi connectivity index (χ1) is 11.7. The van der Waals surface area contributed by atoms with Gasteiger partial charge in [0.15, 0.2) is 5.13 Å². The van der Waals surface area contributed by atoms with Gasteiger partial charge < -0.3 is 9.47 Å². The molecule has 1 aromatic heterocycles. The summed E-state index contributed by atoms with van der Waals surface area (Å²) >= 11 is 4.90. The molecule has 1 aliphatic rings. The van der Waals surface area contributed by atoms with Gasteiger partial charge in [-0.15, -0.1) is 11.3 Å². The van der Waals surface area contributed by atoms with Gasteiger partial charge in [0.05, 0.1) is 18.3 Å². The number of ether oxygens (including phenoxy) is 2. The van der Waals surface area contributed by atoms with Crippen LogP contribution in [0.3, 0.4) is 0 Å². The average molecular weight is 411 g/mol. The minimum atomic E-state index is -0.0929. The molecule has 0 spiro atoms. The highest BCUT2D eigenvalue weighted by Gasteiger charge is 2.25. The fourth-order valence-corrected chi connectivity index (χ4v) is 3.75. The van der Waals surface area contributed by atoms with Gasteiger partial charge in [0, 0.05) is 29.1 Å². The van der Waals surface area contributed by atoms with E-state index in [-0.39, 0.29) is 18.6 Å². The van der Waals surface area contributed by atoms with Crippen molar-refractivity contribution in [3.05, 3.63) is 34.1 Å². The number of carbonyl (C=O) groups excluding carboxylic acids is 1. The number of thiazole rings is 1. The molecule has 0 bridgehead atoms. The van der Waals surface area contributed by atoms with Gasteiger partial charge in [0.25, 0.3) is 5.91 Å². The third kappa shape index (κ3) is 4.22. The summed E-state index contributed by atoms with van der Waals surface area (Å²) < 4.78 is 11.7. The second-order valence-corrected chi connectivity index (χ2v) is 7.35. The third-order valence-electron chi connectivity index (χ3n) is 3.84. The van der Waals surface area contributed by atoms with Crippen LogP contribution in [0.25, 0.3) is 11.3 Å². The van der Waals surface area contributed by atoms with Crippen LogP contribution >= 0.6 is 27.3 Å². The molecule has 1 saturated heterocycles. The van der Waals surface area contributed by atoms with E-state index in [1.807, 2.05) is 29.6 Å². The molecule has 5 nitrogen and oxygen atoms in total. The van der Waals surface area contributed by atoms with E-state index in [9.17, 15) is 4.79 Å². The Kier molecular flexibility index (Phi) is 5.99. The molecule has 0 unspecified atom stereocenters. The molecule has 1 amide bonds. The van der Waals surface area contributed by atoms with Crippen LogP contribution in [-0.2, 0) is 14.3 Å². The minimum absolute atomic E-state index is 0.0416. The zero-order chi connectivity index (χ0) is 16.9. The highest BCUT2D eigenvalue weighted by molar-refractivity contribution is 9.10. The summed E-state index contributed by atoms with van der Waals surface area (Å²) in [6.07, 6.45) is 2.09. The number of carbonyl (C=O) groups is 1. The molecule has 0 aliphatic carbocycles. The molecule has 1 aliphatic heterocycles. The molecule has 1 aromatic carbocycles. The Morgan fingerprint density at radius 3 is 2.92 bits per heavy atom. The number of hydrogen-bond donors (Lipinski definition) is 0. The standard InChI is InChI=1S/C17H19BrN2O3S/c1-22-10-16(21)20(9-14-3-2-8-23-14)17-19-15(11-24-17)12-4-6-13(18)7-5-12/h4-7,11,14H,2-3,8-10H2,1H3/t14-/m1/s1. The fourth-order valence-electron chi connectivity index (χ4n) is 2.62. The van der Waals surface area contributed by atoms with E-state index in [0.717, 1.165) is 35.2 Å². The highest BCUT2D eigenvalue weighted by atomic mass is 79.9. The molecule has 0 radical (unpaired) electrons. The SMILES string of the molecule is COCC(=O)N(C[C@H]1CCCO1)c1nc(-c2ccc(Br)cc2)cs1. The maximum atomic E-state index is 12.4. The van der Waals surface area contributed by atoms with Crippen LogP contribution in [0, 0.1) is 0 Å². The molecule has 3 rings (SSSR count). The number of nitrogens with zero attached hydrogens (tertiary/aromatic N) is 2. The normalized spacial score (nSPS) is 17.2. The maximum Gasteiger partial charge on any atom is 0.254 e. The monoisotopic (exact) mass is 410 g/mol. The Hall–Kier alpha value is -1.28. The molecule has 7 heteroatoms. The van der Waals surface area contributed by atoms with Gasteiger partial charge in [-0.2, -0.15) is 0 Å². The van der Waals surface area contributed by atoms with Crippen molar-refractivity contribution < 1.29 is 14.3 Å². The molecule has 0 N–H and O–H groups in total. The second-order valence-electron chi connectivity index (χ2n) is 5.59. The Balaban J connectivity index is 1.81. The zero-order valence-corrected chi connectivity index (χ0v) is 15.8. The van der Waals surface area contributed by atoms with Crippen LogP contribution in [0.4, 0.5) is 5.13 Å². The highest BCUT2D eigenvalue weighted by Crippen LogP contribution is 2.29. The molecule has 2 heterocycles. The summed E-state index contributed by atoms with van der Waals surface area (Å²) in [5.41, 5.74) is 1.89. The average Bonchev–Trinajstić information content (AvgIpc) is 3.25. The zero-order valence-electron chi connectivity index (χ0n) is 13.4. The molecular formula is C17H19BrN2O3S. The first-order valence-electron chi connectivity index (χ1n) is 7.79. The summed E-state index contributed by atoms with van der Waals surface area (Å²) in [5.74, 6) is -0.0929. The van der Waals surface area contributed by atoms with Crippen molar-refractivity contribution in [2.24, 2.45) is 0 Å². The lowest BCUT2D eigenvalue weighted by Gasteiger charge is -2.22. The van der Waals surface area contributed by atoms with Crippen LogP contribution in [-0.4, -0.2) is 43.9 Å². The first-order valence-corrected chi connectivity index (χ1v) is 9.47. The van der Waals surface area contributed by atoms with Crippen molar-refractivity contribution >= 4 is 38.3 Å². The van der Waals surface area contributed by atoms with E-state index in [0.29, 0.717) is 11.7 Å². The van der Waals surface area contributed by atoms with Crippen molar-refractivity contribution in [1.29, 1.82) is 0 Å². The van der Waals surface area contributed by atoms with Crippen molar-refractivity contribution in [1.82, 2.24) is 4.98 Å². The molecule has 1 fully saturated rings. The van der Waals surface area contributed by atoms with E-state index >= 15 is 0 Å². The summed E-state index contributed by atoms with van der Waals surface area (Å²) in [4.78, 5) is 18.8. The number of benzene rings is 1. The van der Waals surface area contributed by atoms with E-state index < -0.39 is 0 Å². The van der Waals surface area contributed by atoms with Gasteiger partial charge in [-0.1, -0.05) is 28.1 Å². The number of amides is 1. The molecule has 2 aromatic rings. The number of halogens is 1. The molecule has 0 saturated carbocycles. The largest absolute Gasteiger partial charge is 0.376 e. The van der Waals surface area contributed by atoms with E-state index in [1.54, 1.807) is 4.90 Å². The number of rotatable bonds is 6. The van der Waals surface area contributed by atoms with Crippen molar-refractivity contribution in [3.8, 4) is 11.3 Å². The van der Waals surface area contributed by atoms with Gasteiger partial charge in [-0.25, -0.2) is 4.98 Å². The Bertz CT molecular complexity index is 683. The van der Waals surface area contributed by atoms with Crippen molar-refractivity contribution in [2.75, 3.05) is 31.8 Å². The number of anilines is 1. The lowest BCUT2D eigenvalue weighted by Crippen LogP contribution is -2.39. The Morgan fingerprint density at radius 2 is 2.25 bits per heavy atom. The van der Waals surface area contributed by atoms with Crippen molar-refractivity contribution in [3.63, 3.8) is 0 Å². The van der Waals surface area contributed by atoms with Crippen molar-refractivity contribution in [2.45, 2.75) is 18.9 Å². The smallest absolute Gasteiger partial charge is 0.254 e. The quantitative estimate of drug-likeness (QED) is 0.727. The molecular weight excluding hydrogens is 392 g/mol. The second kappa shape index (κ2) is 8.20. The van der Waals surface area contributed by atoms with E-state index in [2.05, 4.69) is 20.9 Å². The van der Waals surface area contributed by atoms with Gasteiger partial charge in [-0.05, 0) is 25.0 Å². The van der Waals surface area contributed by atoms with E-state index in [4.69, 9.17) is 9.47 Å². The Labute approximate surface area is 153 Å². The maximum absolute atomic E-state index is 12.4. The predicted molar refractivity (Wildman–Crippen MR) is 98.5 cm³/mol. The van der Waals surface area contributed by atoms with Crippen LogP contribution in [0.2, 0.25) is 0 Å². The number of aromatic nitrogens is 1. The van der Waals surface area contributed by atoms with Crippen LogP contribution in [0.5, 0.6) is 0 Å². The molecule has 1 atom stereocenters. The fraction of sp³-hybridized carbons (Fsp3) is 0.412. The Morgan fingerprint density at radius 1 is 1.46 bits per heavy atom. The van der Waals surface area contributed by atoms with E-state index in [1.165, 1.54) is 18.4 Å². The first kappa shape index (κ1) is 17.5. The summed E-state index contributed by atoms with van der Waals surface area (Å²) in [5, 5.41) is 2.66.